The van der Waals surface area contributed by atoms with Gasteiger partial charge in [-0.15, -0.1) is 0 Å². The van der Waals surface area contributed by atoms with Gasteiger partial charge >= 0.3 is 0 Å². The van der Waals surface area contributed by atoms with Gasteiger partial charge in [-0.25, -0.2) is 4.99 Å². The second kappa shape index (κ2) is 10.3. The van der Waals surface area contributed by atoms with Crippen molar-refractivity contribution in [2.24, 2.45) is 21.5 Å². The molecule has 1 heterocycles. The lowest BCUT2D eigenvalue weighted by atomic mass is 10.1. The van der Waals surface area contributed by atoms with E-state index in [-0.39, 0.29) is 17.7 Å². The first kappa shape index (κ1) is 22.5. The van der Waals surface area contributed by atoms with Crippen molar-refractivity contribution < 1.29 is 14.4 Å². The molecule has 172 valence electrons. The highest BCUT2D eigenvalue weighted by Crippen LogP contribution is 2.38. The largest absolute Gasteiger partial charge is 0.493 e. The Balaban J connectivity index is 1.26. The van der Waals surface area contributed by atoms with Crippen LogP contribution in [-0.4, -0.2) is 41.6 Å². The zero-order valence-electron chi connectivity index (χ0n) is 18.5. The van der Waals surface area contributed by atoms with Crippen molar-refractivity contribution in [3.05, 3.63) is 71.8 Å². The van der Waals surface area contributed by atoms with Crippen LogP contribution in [0, 0.1) is 0 Å². The summed E-state index contributed by atoms with van der Waals surface area (Å²) < 4.78 is 5.83. The molecule has 1 saturated carbocycles. The Labute approximate surface area is 193 Å². The molecule has 8 nitrogen and oxygen atoms in total. The predicted octanol–water partition coefficient (Wildman–Crippen LogP) is 3.50. The van der Waals surface area contributed by atoms with Crippen molar-refractivity contribution in [3.8, 4) is 5.75 Å². The summed E-state index contributed by atoms with van der Waals surface area (Å²) in [5.74, 6) is 0.998. The highest BCUT2D eigenvalue weighted by Gasteiger charge is 2.44. The molecule has 1 spiro atoms. The first-order chi connectivity index (χ1) is 16.1. The smallest absolute Gasteiger partial charge is 0.226 e. The molecular weight excluding hydrogens is 418 g/mol. The molecule has 4 rings (SSSR count). The van der Waals surface area contributed by atoms with Crippen LogP contribution in [0.15, 0.2) is 70.7 Å². The van der Waals surface area contributed by atoms with Gasteiger partial charge in [0.05, 0.1) is 13.2 Å². The third kappa shape index (κ3) is 5.59. The van der Waals surface area contributed by atoms with E-state index < -0.39 is 5.66 Å². The maximum absolute atomic E-state index is 12.5. The predicted molar refractivity (Wildman–Crippen MR) is 129 cm³/mol. The van der Waals surface area contributed by atoms with Crippen LogP contribution in [0.3, 0.4) is 0 Å². The topological polar surface area (TPSA) is 116 Å². The molecule has 8 heteroatoms. The normalized spacial score (nSPS) is 17.3. The molecule has 0 amide bonds. The van der Waals surface area contributed by atoms with E-state index in [0.29, 0.717) is 30.9 Å². The van der Waals surface area contributed by atoms with E-state index in [1.54, 1.807) is 29.3 Å². The van der Waals surface area contributed by atoms with Crippen molar-refractivity contribution in [2.45, 2.75) is 37.8 Å². The summed E-state index contributed by atoms with van der Waals surface area (Å²) in [5.41, 5.74) is 12.9. The zero-order chi connectivity index (χ0) is 23.1. The molecule has 1 aliphatic heterocycles. The number of allylic oxidation sites excluding steroid dienone is 1. The molecule has 2 aromatic carbocycles. The van der Waals surface area contributed by atoms with E-state index in [2.05, 4.69) is 9.98 Å². The van der Waals surface area contributed by atoms with Crippen molar-refractivity contribution >= 4 is 23.8 Å². The number of nitrogens with zero attached hydrogens (tertiary/aromatic N) is 3. The van der Waals surface area contributed by atoms with E-state index in [1.807, 2.05) is 42.5 Å². The van der Waals surface area contributed by atoms with Gasteiger partial charge in [0.2, 0.25) is 11.9 Å². The minimum Gasteiger partial charge on any atom is -0.493 e. The fraction of sp³-hybridized carbons (Fsp3) is 0.320. The standard InChI is InChI=1S/C25H29N5O3/c26-23-28-24(27)30(25(29-23)14-4-5-15-25)33-17-7-16-32-21-11-6-10-20(18-21)22(31)13-12-19-8-2-1-3-9-19/h1-3,6,8-13,18H,4-5,7,14-17H2,(H4,26,27,28,29). The van der Waals surface area contributed by atoms with E-state index in [0.717, 1.165) is 31.2 Å². The highest BCUT2D eigenvalue weighted by atomic mass is 16.7. The van der Waals surface area contributed by atoms with Crippen LogP contribution in [0.1, 0.15) is 48.0 Å². The number of rotatable bonds is 9. The number of benzene rings is 2. The number of ketones is 1. The molecule has 0 atom stereocenters. The molecule has 0 bridgehead atoms. The summed E-state index contributed by atoms with van der Waals surface area (Å²) in [6, 6.07) is 16.9. The Bertz CT molecular complexity index is 1060. The van der Waals surface area contributed by atoms with Crippen LogP contribution in [0.5, 0.6) is 5.75 Å². The summed E-state index contributed by atoms with van der Waals surface area (Å²) in [6.07, 6.45) is 7.76. The number of carbonyl (C=O) groups is 1. The average Bonchev–Trinajstić information content (AvgIpc) is 3.28. The van der Waals surface area contributed by atoms with Gasteiger partial charge in [-0.2, -0.15) is 10.1 Å². The second-order valence-electron chi connectivity index (χ2n) is 8.10. The third-order valence-corrected chi connectivity index (χ3v) is 5.67. The maximum Gasteiger partial charge on any atom is 0.226 e. The molecule has 0 saturated heterocycles. The molecule has 1 fully saturated rings. The number of nitrogens with two attached hydrogens (primary N) is 2. The van der Waals surface area contributed by atoms with Gasteiger partial charge in [-0.3, -0.25) is 9.63 Å². The first-order valence-electron chi connectivity index (χ1n) is 11.2. The molecule has 0 aromatic heterocycles. The Kier molecular flexibility index (Phi) is 7.04. The van der Waals surface area contributed by atoms with Crippen molar-refractivity contribution in [1.29, 1.82) is 0 Å². The van der Waals surface area contributed by atoms with Gasteiger partial charge in [0.1, 0.15) is 5.75 Å². The van der Waals surface area contributed by atoms with E-state index in [1.165, 1.54) is 0 Å². The lowest BCUT2D eigenvalue weighted by Gasteiger charge is -2.39. The number of hydroxylamine groups is 2. The Morgan fingerprint density at radius 2 is 1.85 bits per heavy atom. The number of ether oxygens (including phenoxy) is 1. The van der Waals surface area contributed by atoms with Gasteiger partial charge < -0.3 is 16.2 Å². The van der Waals surface area contributed by atoms with Crippen molar-refractivity contribution in [1.82, 2.24) is 5.06 Å². The minimum atomic E-state index is -0.543. The first-order valence-corrected chi connectivity index (χ1v) is 11.2. The van der Waals surface area contributed by atoms with E-state index >= 15 is 0 Å². The summed E-state index contributed by atoms with van der Waals surface area (Å²) >= 11 is 0. The molecule has 33 heavy (non-hydrogen) atoms. The molecule has 4 N–H and O–H groups in total. The molecule has 0 radical (unpaired) electrons. The summed E-state index contributed by atoms with van der Waals surface area (Å²) in [4.78, 5) is 27.0. The third-order valence-electron chi connectivity index (χ3n) is 5.67. The van der Waals surface area contributed by atoms with Crippen LogP contribution in [0.25, 0.3) is 6.08 Å². The van der Waals surface area contributed by atoms with E-state index in [4.69, 9.17) is 21.0 Å². The van der Waals surface area contributed by atoms with Crippen LogP contribution >= 0.6 is 0 Å². The summed E-state index contributed by atoms with van der Waals surface area (Å²) in [7, 11) is 0. The molecule has 1 aliphatic carbocycles. The summed E-state index contributed by atoms with van der Waals surface area (Å²) in [5, 5.41) is 1.61. The SMILES string of the molecule is NC1=NC2(CCCC2)N(OCCCOc2cccc(C(=O)C=Cc3ccccc3)c2)C(N)=N1. The Morgan fingerprint density at radius 1 is 1.06 bits per heavy atom. The maximum atomic E-state index is 12.5. The molecule has 2 aromatic rings. The number of guanidine groups is 2. The second-order valence-corrected chi connectivity index (χ2v) is 8.10. The molecular formula is C25H29N5O3. The van der Waals surface area contributed by atoms with E-state index in [9.17, 15) is 4.79 Å². The van der Waals surface area contributed by atoms with Crippen LogP contribution < -0.4 is 16.2 Å². The van der Waals surface area contributed by atoms with Gasteiger partial charge in [0.15, 0.2) is 11.4 Å². The highest BCUT2D eigenvalue weighted by molar-refractivity contribution is 6.07. The van der Waals surface area contributed by atoms with Crippen molar-refractivity contribution in [2.75, 3.05) is 13.2 Å². The fourth-order valence-corrected chi connectivity index (χ4v) is 4.08. The van der Waals surface area contributed by atoms with Crippen LogP contribution in [0.4, 0.5) is 0 Å². The number of aliphatic imine (C=N–C) groups is 2. The zero-order valence-corrected chi connectivity index (χ0v) is 18.5. The Hall–Kier alpha value is -3.65. The Morgan fingerprint density at radius 3 is 2.64 bits per heavy atom. The van der Waals surface area contributed by atoms with Crippen molar-refractivity contribution in [3.63, 3.8) is 0 Å². The number of carbonyl (C=O) groups excluding carboxylic acids is 1. The minimum absolute atomic E-state index is 0.0748. The number of hydrogen-bond acceptors (Lipinski definition) is 8. The van der Waals surface area contributed by atoms with Gasteiger partial charge in [0, 0.05) is 12.0 Å². The molecule has 2 aliphatic rings. The average molecular weight is 448 g/mol. The van der Waals surface area contributed by atoms with Gasteiger partial charge in [-0.1, -0.05) is 48.5 Å². The van der Waals surface area contributed by atoms with Gasteiger partial charge in [0.25, 0.3) is 0 Å². The fourth-order valence-electron chi connectivity index (χ4n) is 4.08. The monoisotopic (exact) mass is 447 g/mol. The quantitative estimate of drug-likeness (QED) is 0.345. The van der Waals surface area contributed by atoms with Crippen LogP contribution in [0.2, 0.25) is 0 Å². The molecule has 0 unspecified atom stereocenters. The van der Waals surface area contributed by atoms with Gasteiger partial charge in [-0.05, 0) is 49.5 Å². The van der Waals surface area contributed by atoms with Crippen LogP contribution in [-0.2, 0) is 4.84 Å². The number of hydrogen-bond donors (Lipinski definition) is 2. The summed E-state index contributed by atoms with van der Waals surface area (Å²) in [6.45, 7) is 0.826. The lowest BCUT2D eigenvalue weighted by Crippen LogP contribution is -2.55. The lowest BCUT2D eigenvalue weighted by molar-refractivity contribution is -0.167.